The molecule has 7 heteroatoms. The van der Waals surface area contributed by atoms with Gasteiger partial charge in [-0.15, -0.1) is 10.2 Å². The number of nitrogens with zero attached hydrogens (tertiary/aromatic N) is 4. The van der Waals surface area contributed by atoms with E-state index in [-0.39, 0.29) is 18.1 Å². The third-order valence-corrected chi connectivity index (χ3v) is 5.51. The first-order chi connectivity index (χ1) is 12.7. The summed E-state index contributed by atoms with van der Waals surface area (Å²) >= 11 is 0. The molecule has 7 nitrogen and oxygen atoms in total. The number of rotatable bonds is 5. The molecule has 1 amide bonds. The molecule has 1 saturated heterocycles. The summed E-state index contributed by atoms with van der Waals surface area (Å²) in [6, 6.07) is 8.44. The van der Waals surface area contributed by atoms with Gasteiger partial charge in [0, 0.05) is 30.9 Å². The molecule has 1 aromatic carbocycles. The largest absolute Gasteiger partial charge is 0.392 e. The zero-order valence-electron chi connectivity index (χ0n) is 14.8. The Morgan fingerprint density at radius 1 is 1.15 bits per heavy atom. The number of likely N-dealkylation sites (tertiary alicyclic amines) is 1. The van der Waals surface area contributed by atoms with Crippen LogP contribution in [0.5, 0.6) is 0 Å². The van der Waals surface area contributed by atoms with Gasteiger partial charge in [-0.25, -0.2) is 0 Å². The molecule has 2 fully saturated rings. The molecule has 2 heterocycles. The highest BCUT2D eigenvalue weighted by molar-refractivity contribution is 5.79. The van der Waals surface area contributed by atoms with Crippen molar-refractivity contribution in [1.29, 1.82) is 0 Å². The van der Waals surface area contributed by atoms with Crippen molar-refractivity contribution in [2.45, 2.75) is 50.3 Å². The van der Waals surface area contributed by atoms with Crippen LogP contribution < -0.4 is 5.32 Å². The Kier molecular flexibility index (Phi) is 4.99. The van der Waals surface area contributed by atoms with Crippen LogP contribution >= 0.6 is 0 Å². The molecule has 1 saturated carbocycles. The molecule has 2 aliphatic rings. The SMILES string of the molecule is O=C(Cc1ccc(-n2cnnc2)cc1)N[C@@H]1CCC[C@@H]1N1CCC(O)C1. The summed E-state index contributed by atoms with van der Waals surface area (Å²) in [5, 5.41) is 20.6. The van der Waals surface area contributed by atoms with E-state index >= 15 is 0 Å². The van der Waals surface area contributed by atoms with Crippen molar-refractivity contribution in [2.75, 3.05) is 13.1 Å². The number of carbonyl (C=O) groups is 1. The first-order valence-corrected chi connectivity index (χ1v) is 9.34. The number of β-amino-alcohol motifs (C(OH)–C–C–N with tert-alkyl or cyclic N) is 1. The fourth-order valence-electron chi connectivity index (χ4n) is 4.18. The highest BCUT2D eigenvalue weighted by atomic mass is 16.3. The Hall–Kier alpha value is -2.25. The van der Waals surface area contributed by atoms with Crippen LogP contribution in [0.25, 0.3) is 5.69 Å². The summed E-state index contributed by atoms with van der Waals surface area (Å²) in [6.07, 6.45) is 7.58. The zero-order valence-corrected chi connectivity index (χ0v) is 14.8. The van der Waals surface area contributed by atoms with E-state index in [1.165, 1.54) is 0 Å². The van der Waals surface area contributed by atoms with Crippen molar-refractivity contribution in [3.05, 3.63) is 42.5 Å². The van der Waals surface area contributed by atoms with E-state index in [9.17, 15) is 9.90 Å². The van der Waals surface area contributed by atoms with E-state index in [2.05, 4.69) is 20.4 Å². The van der Waals surface area contributed by atoms with Gasteiger partial charge < -0.3 is 10.4 Å². The second-order valence-corrected chi connectivity index (χ2v) is 7.32. The van der Waals surface area contributed by atoms with E-state index in [1.54, 1.807) is 12.7 Å². The van der Waals surface area contributed by atoms with E-state index < -0.39 is 0 Å². The number of aromatic nitrogens is 3. The number of hydrogen-bond acceptors (Lipinski definition) is 5. The van der Waals surface area contributed by atoms with Gasteiger partial charge in [-0.1, -0.05) is 12.1 Å². The molecule has 0 radical (unpaired) electrons. The molecule has 0 bridgehead atoms. The van der Waals surface area contributed by atoms with E-state index in [0.29, 0.717) is 12.5 Å². The monoisotopic (exact) mass is 355 g/mol. The fourth-order valence-corrected chi connectivity index (χ4v) is 4.18. The van der Waals surface area contributed by atoms with Gasteiger partial charge >= 0.3 is 0 Å². The lowest BCUT2D eigenvalue weighted by Gasteiger charge is -2.29. The van der Waals surface area contributed by atoms with E-state index in [0.717, 1.165) is 50.0 Å². The number of hydrogen-bond donors (Lipinski definition) is 2. The number of amides is 1. The van der Waals surface area contributed by atoms with Crippen LogP contribution in [0, 0.1) is 0 Å². The average Bonchev–Trinajstić information content (AvgIpc) is 3.37. The molecule has 4 rings (SSSR count). The molecule has 138 valence electrons. The summed E-state index contributed by atoms with van der Waals surface area (Å²) in [5.41, 5.74) is 1.97. The second kappa shape index (κ2) is 7.55. The minimum atomic E-state index is -0.212. The summed E-state index contributed by atoms with van der Waals surface area (Å²) in [6.45, 7) is 1.67. The van der Waals surface area contributed by atoms with Crippen molar-refractivity contribution in [1.82, 2.24) is 25.0 Å². The van der Waals surface area contributed by atoms with Gasteiger partial charge in [0.25, 0.3) is 0 Å². The molecule has 1 aliphatic carbocycles. The van der Waals surface area contributed by atoms with Crippen LogP contribution in [0.4, 0.5) is 0 Å². The average molecular weight is 355 g/mol. The van der Waals surface area contributed by atoms with Gasteiger partial charge in [0.15, 0.2) is 0 Å². The lowest BCUT2D eigenvalue weighted by atomic mass is 10.1. The Labute approximate surface area is 153 Å². The van der Waals surface area contributed by atoms with E-state index in [4.69, 9.17) is 0 Å². The summed E-state index contributed by atoms with van der Waals surface area (Å²) in [4.78, 5) is 14.8. The predicted molar refractivity (Wildman–Crippen MR) is 96.8 cm³/mol. The molecule has 0 spiro atoms. The van der Waals surface area contributed by atoms with Gasteiger partial charge in [-0.3, -0.25) is 14.3 Å². The van der Waals surface area contributed by atoms with Crippen molar-refractivity contribution in [3.8, 4) is 5.69 Å². The minimum absolute atomic E-state index is 0.0682. The van der Waals surface area contributed by atoms with Crippen LogP contribution in [-0.4, -0.2) is 62.0 Å². The maximum Gasteiger partial charge on any atom is 0.224 e. The molecule has 26 heavy (non-hydrogen) atoms. The standard InChI is InChI=1S/C19H25N5O2/c25-16-8-9-23(11-16)18-3-1-2-17(18)22-19(26)10-14-4-6-15(7-5-14)24-12-20-21-13-24/h4-7,12-13,16-18,25H,1-3,8-11H2,(H,22,26)/t16?,17-,18+/m1/s1. The highest BCUT2D eigenvalue weighted by Gasteiger charge is 2.36. The molecule has 3 atom stereocenters. The topological polar surface area (TPSA) is 83.3 Å². The van der Waals surface area contributed by atoms with Crippen LogP contribution in [0.2, 0.25) is 0 Å². The van der Waals surface area contributed by atoms with Crippen molar-refractivity contribution >= 4 is 5.91 Å². The Morgan fingerprint density at radius 3 is 2.62 bits per heavy atom. The molecular formula is C19H25N5O2. The molecule has 1 aromatic heterocycles. The first kappa shape index (κ1) is 17.2. The minimum Gasteiger partial charge on any atom is -0.392 e. The number of carbonyl (C=O) groups excluding carboxylic acids is 1. The van der Waals surface area contributed by atoms with Crippen molar-refractivity contribution in [2.24, 2.45) is 0 Å². The van der Waals surface area contributed by atoms with Crippen LogP contribution in [0.15, 0.2) is 36.9 Å². The summed E-state index contributed by atoms with van der Waals surface area (Å²) in [5.74, 6) is 0.0682. The molecule has 2 N–H and O–H groups in total. The Bertz CT molecular complexity index is 731. The van der Waals surface area contributed by atoms with Crippen LogP contribution in [0.3, 0.4) is 0 Å². The highest BCUT2D eigenvalue weighted by Crippen LogP contribution is 2.27. The van der Waals surface area contributed by atoms with Gasteiger partial charge in [0.05, 0.1) is 12.5 Å². The fraction of sp³-hybridized carbons (Fsp3) is 0.526. The quantitative estimate of drug-likeness (QED) is 0.833. The Morgan fingerprint density at radius 2 is 1.92 bits per heavy atom. The maximum absolute atomic E-state index is 12.5. The molecule has 1 aliphatic heterocycles. The number of nitrogens with one attached hydrogen (secondary N) is 1. The molecular weight excluding hydrogens is 330 g/mol. The van der Waals surface area contributed by atoms with Crippen LogP contribution in [-0.2, 0) is 11.2 Å². The third kappa shape index (κ3) is 3.78. The third-order valence-electron chi connectivity index (χ3n) is 5.51. The van der Waals surface area contributed by atoms with Crippen LogP contribution in [0.1, 0.15) is 31.2 Å². The summed E-state index contributed by atoms with van der Waals surface area (Å²) in [7, 11) is 0. The van der Waals surface area contributed by atoms with Gasteiger partial charge in [-0.05, 0) is 43.4 Å². The lowest BCUT2D eigenvalue weighted by molar-refractivity contribution is -0.121. The van der Waals surface area contributed by atoms with Crippen molar-refractivity contribution in [3.63, 3.8) is 0 Å². The second-order valence-electron chi connectivity index (χ2n) is 7.32. The molecule has 2 aromatic rings. The van der Waals surface area contributed by atoms with Gasteiger partial charge in [-0.2, -0.15) is 0 Å². The first-order valence-electron chi connectivity index (χ1n) is 9.34. The van der Waals surface area contributed by atoms with Gasteiger partial charge in [0.1, 0.15) is 12.7 Å². The normalized spacial score (nSPS) is 26.3. The van der Waals surface area contributed by atoms with Gasteiger partial charge in [0.2, 0.25) is 5.91 Å². The predicted octanol–water partition coefficient (Wildman–Crippen LogP) is 0.914. The zero-order chi connectivity index (χ0) is 17.9. The molecule has 1 unspecified atom stereocenters. The number of aliphatic hydroxyl groups is 1. The lowest BCUT2D eigenvalue weighted by Crippen LogP contribution is -2.48. The Balaban J connectivity index is 1.33. The van der Waals surface area contributed by atoms with E-state index in [1.807, 2.05) is 28.8 Å². The number of benzene rings is 1. The van der Waals surface area contributed by atoms with Crippen molar-refractivity contribution < 1.29 is 9.90 Å². The smallest absolute Gasteiger partial charge is 0.224 e. The number of aliphatic hydroxyl groups excluding tert-OH is 1. The maximum atomic E-state index is 12.5. The summed E-state index contributed by atoms with van der Waals surface area (Å²) < 4.78 is 1.83.